The molecule has 2 saturated heterocycles. The molecule has 40 heavy (non-hydrogen) atoms. The van der Waals surface area contributed by atoms with Crippen molar-refractivity contribution in [3.8, 4) is 0 Å². The molecule has 4 heterocycles. The standard InChI is InChI=1S/C25H34N8O5S2/c1-4-39(34,35)30-25(29-20-6-5-7-21(14-20)40(36,37)32-10-12-38-13-11-32)33-9-8-31(16-19(33)3)24-22-18(2)15-26-23(22)27-17-28-24/h5-7,14-15,17,19H,4,8-13,16H2,1-3H3,(H,29,30)(H,26,27,28)/t19-/m0/s1. The summed E-state index contributed by atoms with van der Waals surface area (Å²) in [5.74, 6) is 0.813. The monoisotopic (exact) mass is 590 g/mol. The lowest BCUT2D eigenvalue weighted by Gasteiger charge is -2.42. The van der Waals surface area contributed by atoms with E-state index in [1.165, 1.54) is 29.7 Å². The summed E-state index contributed by atoms with van der Waals surface area (Å²) in [6, 6.07) is 6.22. The molecule has 216 valence electrons. The first-order chi connectivity index (χ1) is 19.1. The molecule has 0 spiro atoms. The quantitative estimate of drug-likeness (QED) is 0.320. The highest BCUT2D eigenvalue weighted by Gasteiger charge is 2.31. The minimum atomic E-state index is -3.75. The average molecular weight is 591 g/mol. The zero-order chi connectivity index (χ0) is 28.5. The maximum atomic E-state index is 13.2. The first kappa shape index (κ1) is 28.3. The third-order valence-corrected chi connectivity index (χ3v) is 10.2. The number of hydrogen-bond acceptors (Lipinski definition) is 8. The topological polar surface area (TPSA) is 153 Å². The number of benzene rings is 1. The van der Waals surface area contributed by atoms with Gasteiger partial charge in [0.1, 0.15) is 17.8 Å². The van der Waals surface area contributed by atoms with E-state index in [1.807, 2.05) is 24.9 Å². The van der Waals surface area contributed by atoms with Gasteiger partial charge in [-0.25, -0.2) is 26.8 Å². The molecule has 3 aromatic rings. The number of ether oxygens (including phenoxy) is 1. The Labute approximate surface area is 234 Å². The Morgan fingerprint density at radius 3 is 2.65 bits per heavy atom. The van der Waals surface area contributed by atoms with E-state index in [2.05, 4.69) is 29.6 Å². The van der Waals surface area contributed by atoms with Crippen molar-refractivity contribution in [2.75, 3.05) is 61.9 Å². The van der Waals surface area contributed by atoms with Crippen LogP contribution >= 0.6 is 0 Å². The van der Waals surface area contributed by atoms with Gasteiger partial charge in [-0.3, -0.25) is 0 Å². The number of anilines is 2. The summed E-state index contributed by atoms with van der Waals surface area (Å²) in [7, 11) is -7.48. The fourth-order valence-electron chi connectivity index (χ4n) is 4.94. The molecule has 13 nitrogen and oxygen atoms in total. The van der Waals surface area contributed by atoms with Crippen LogP contribution in [0.5, 0.6) is 0 Å². The first-order valence-corrected chi connectivity index (χ1v) is 16.2. The van der Waals surface area contributed by atoms with Gasteiger partial charge in [0, 0.05) is 50.6 Å². The van der Waals surface area contributed by atoms with Gasteiger partial charge in [0.15, 0.2) is 0 Å². The maximum Gasteiger partial charge on any atom is 0.256 e. The molecule has 0 saturated carbocycles. The summed E-state index contributed by atoms with van der Waals surface area (Å²) >= 11 is 0. The number of morpholine rings is 1. The molecule has 0 aliphatic carbocycles. The van der Waals surface area contributed by atoms with Crippen molar-refractivity contribution < 1.29 is 21.6 Å². The van der Waals surface area contributed by atoms with Crippen LogP contribution in [-0.4, -0.2) is 105 Å². The Hall–Kier alpha value is -3.27. The van der Waals surface area contributed by atoms with E-state index in [4.69, 9.17) is 4.74 Å². The number of rotatable bonds is 6. The Morgan fingerprint density at radius 2 is 1.93 bits per heavy atom. The number of guanidine groups is 1. The van der Waals surface area contributed by atoms with Crippen molar-refractivity contribution in [2.24, 2.45) is 4.40 Å². The summed E-state index contributed by atoms with van der Waals surface area (Å²) < 4.78 is 62.5. The van der Waals surface area contributed by atoms with Crippen molar-refractivity contribution >= 4 is 48.5 Å². The van der Waals surface area contributed by atoms with Gasteiger partial charge in [-0.15, -0.1) is 4.40 Å². The van der Waals surface area contributed by atoms with Gasteiger partial charge in [-0.05, 0) is 44.5 Å². The smallest absolute Gasteiger partial charge is 0.256 e. The van der Waals surface area contributed by atoms with Crippen LogP contribution < -0.4 is 10.2 Å². The largest absolute Gasteiger partial charge is 0.379 e. The number of sulfonamides is 2. The molecule has 2 aromatic heterocycles. The lowest BCUT2D eigenvalue weighted by molar-refractivity contribution is 0.0730. The van der Waals surface area contributed by atoms with E-state index in [0.29, 0.717) is 38.5 Å². The van der Waals surface area contributed by atoms with Crippen LogP contribution in [0, 0.1) is 6.92 Å². The van der Waals surface area contributed by atoms with Gasteiger partial charge in [0.25, 0.3) is 10.0 Å². The predicted octanol–water partition coefficient (Wildman–Crippen LogP) is 1.62. The van der Waals surface area contributed by atoms with Crippen LogP contribution in [0.4, 0.5) is 11.5 Å². The molecule has 1 atom stereocenters. The Bertz CT molecular complexity index is 1620. The van der Waals surface area contributed by atoms with Crippen molar-refractivity contribution in [1.82, 2.24) is 24.2 Å². The lowest BCUT2D eigenvalue weighted by Crippen LogP contribution is -2.56. The molecular formula is C25H34N8O5S2. The summed E-state index contributed by atoms with van der Waals surface area (Å²) in [4.78, 5) is 16.2. The molecule has 2 aliphatic rings. The summed E-state index contributed by atoms with van der Waals surface area (Å²) in [6.07, 6.45) is 3.44. The van der Waals surface area contributed by atoms with E-state index >= 15 is 0 Å². The van der Waals surface area contributed by atoms with Crippen LogP contribution in [0.1, 0.15) is 19.4 Å². The van der Waals surface area contributed by atoms with Crippen molar-refractivity contribution in [2.45, 2.75) is 31.7 Å². The van der Waals surface area contributed by atoms with Crippen LogP contribution in [0.15, 0.2) is 46.1 Å². The second kappa shape index (κ2) is 11.3. The first-order valence-electron chi connectivity index (χ1n) is 13.2. The van der Waals surface area contributed by atoms with Gasteiger partial charge < -0.3 is 24.8 Å². The molecule has 2 N–H and O–H groups in total. The number of nitrogens with zero attached hydrogens (tertiary/aromatic N) is 6. The Morgan fingerprint density at radius 1 is 1.15 bits per heavy atom. The number of fused-ring (bicyclic) bond motifs is 1. The zero-order valence-electron chi connectivity index (χ0n) is 22.7. The highest BCUT2D eigenvalue weighted by molar-refractivity contribution is 7.90. The normalized spacial score (nSPS) is 19.8. The van der Waals surface area contributed by atoms with E-state index < -0.39 is 20.0 Å². The van der Waals surface area contributed by atoms with Crippen LogP contribution in [-0.2, 0) is 24.8 Å². The van der Waals surface area contributed by atoms with Gasteiger partial charge in [-0.1, -0.05) is 6.07 Å². The van der Waals surface area contributed by atoms with E-state index in [0.717, 1.165) is 22.4 Å². The second-order valence-corrected chi connectivity index (χ2v) is 13.7. The fraction of sp³-hybridized carbons (Fsp3) is 0.480. The number of aryl methyl sites for hydroxylation is 1. The molecular weight excluding hydrogens is 556 g/mol. The van der Waals surface area contributed by atoms with Crippen molar-refractivity contribution in [3.63, 3.8) is 0 Å². The molecule has 0 bridgehead atoms. The third-order valence-electron chi connectivity index (χ3n) is 7.13. The molecule has 0 amide bonds. The highest BCUT2D eigenvalue weighted by Crippen LogP contribution is 2.28. The number of nitrogens with one attached hydrogen (secondary N) is 2. The molecule has 0 radical (unpaired) electrons. The predicted molar refractivity (Wildman–Crippen MR) is 154 cm³/mol. The van der Waals surface area contributed by atoms with Crippen LogP contribution in [0.3, 0.4) is 0 Å². The lowest BCUT2D eigenvalue weighted by atomic mass is 10.1. The van der Waals surface area contributed by atoms with Crippen LogP contribution in [0.2, 0.25) is 0 Å². The second-order valence-electron chi connectivity index (χ2n) is 9.84. The molecule has 5 rings (SSSR count). The number of aromatic amines is 1. The Kier molecular flexibility index (Phi) is 7.99. The van der Waals surface area contributed by atoms with Gasteiger partial charge in [0.2, 0.25) is 16.0 Å². The molecule has 2 aliphatic heterocycles. The highest BCUT2D eigenvalue weighted by atomic mass is 32.2. The molecule has 1 aromatic carbocycles. The molecule has 0 unspecified atom stereocenters. The number of hydrogen-bond donors (Lipinski definition) is 2. The SMILES string of the molecule is CCS(=O)(=O)/N=C(\Nc1cccc(S(=O)(=O)N2CCOCC2)c1)N1CCN(c2ncnc3[nH]cc(C)c23)C[C@@H]1C. The number of aromatic nitrogens is 3. The number of H-pyrrole nitrogens is 1. The fourth-order valence-corrected chi connectivity index (χ4v) is 6.94. The van der Waals surface area contributed by atoms with Gasteiger partial charge >= 0.3 is 0 Å². The molecule has 15 heteroatoms. The summed E-state index contributed by atoms with van der Waals surface area (Å²) in [6.45, 7) is 8.38. The third kappa shape index (κ3) is 5.77. The molecule has 2 fully saturated rings. The average Bonchev–Trinajstić information content (AvgIpc) is 3.34. The Balaban J connectivity index is 1.41. The minimum absolute atomic E-state index is 0.115. The number of piperazine rings is 1. The minimum Gasteiger partial charge on any atom is -0.379 e. The van der Waals surface area contributed by atoms with E-state index in [-0.39, 0.29) is 35.7 Å². The maximum absolute atomic E-state index is 13.2. The van der Waals surface area contributed by atoms with Crippen molar-refractivity contribution in [3.05, 3.63) is 42.4 Å². The van der Waals surface area contributed by atoms with Crippen LogP contribution in [0.25, 0.3) is 11.0 Å². The summed E-state index contributed by atoms with van der Waals surface area (Å²) in [5, 5.41) is 4.07. The van der Waals surface area contributed by atoms with Crippen molar-refractivity contribution in [1.29, 1.82) is 0 Å². The van der Waals surface area contributed by atoms with E-state index in [1.54, 1.807) is 12.1 Å². The van der Waals surface area contributed by atoms with Gasteiger partial charge in [0.05, 0.1) is 29.2 Å². The van der Waals surface area contributed by atoms with Gasteiger partial charge in [-0.2, -0.15) is 4.31 Å². The summed E-state index contributed by atoms with van der Waals surface area (Å²) in [5.41, 5.74) is 2.24. The van der Waals surface area contributed by atoms with E-state index in [9.17, 15) is 16.8 Å². The zero-order valence-corrected chi connectivity index (χ0v) is 24.4.